The number of halogens is 3. The molecule has 13 nitrogen and oxygen atoms in total. The number of aryl methyl sites for hydroxylation is 1. The van der Waals surface area contributed by atoms with Crippen molar-refractivity contribution in [3.8, 4) is 0 Å². The number of carbonyl (C=O) groups excluding carboxylic acids is 1. The molecule has 262 valence electrons. The van der Waals surface area contributed by atoms with Crippen LogP contribution in [0, 0.1) is 0 Å². The van der Waals surface area contributed by atoms with E-state index in [0.717, 1.165) is 17.5 Å². The normalized spacial score (nSPS) is 22.5. The first-order chi connectivity index (χ1) is 24.1. The highest BCUT2D eigenvalue weighted by atomic mass is 19.4. The Balaban J connectivity index is 1.27. The number of nitrogens with one attached hydrogen (secondary N) is 1. The molecule has 16 heteroatoms. The smallest absolute Gasteiger partial charge is 0.449 e. The molecule has 2 aliphatic heterocycles. The average Bonchev–Trinajstić information content (AvgIpc) is 3.92. The SMILES string of the molecule is CCc1cc([C@H]2O[C@@H](n3cnc4c(NCC(c5ccccc5)c5ccccc5)nc(N5CC[C@@H](N)C5)nc43)[C@H](O)[C@@H]2OC(=O)C(F)(F)F)on1. The topological polar surface area (TPSA) is 167 Å². The Morgan fingerprint density at radius 3 is 2.42 bits per heavy atom. The van der Waals surface area contributed by atoms with Crippen LogP contribution in [0.25, 0.3) is 11.2 Å². The molecule has 0 radical (unpaired) electrons. The zero-order valence-corrected chi connectivity index (χ0v) is 26.9. The summed E-state index contributed by atoms with van der Waals surface area (Å²) in [6.45, 7) is 3.34. The number of aromatic nitrogens is 5. The third-order valence-electron chi connectivity index (χ3n) is 8.98. The van der Waals surface area contributed by atoms with Crippen LogP contribution < -0.4 is 16.0 Å². The molecule has 0 bridgehead atoms. The first-order valence-corrected chi connectivity index (χ1v) is 16.3. The van der Waals surface area contributed by atoms with Crippen molar-refractivity contribution in [1.29, 1.82) is 0 Å². The number of benzene rings is 2. The van der Waals surface area contributed by atoms with Gasteiger partial charge in [0.2, 0.25) is 5.95 Å². The Labute approximate surface area is 284 Å². The number of imidazole rings is 1. The van der Waals surface area contributed by atoms with E-state index in [0.29, 0.717) is 49.0 Å². The number of alkyl halides is 3. The molecule has 0 aliphatic carbocycles. The highest BCUT2D eigenvalue weighted by Gasteiger charge is 2.53. The van der Waals surface area contributed by atoms with Gasteiger partial charge in [0.15, 0.2) is 41.2 Å². The minimum atomic E-state index is -5.31. The largest absolute Gasteiger partial charge is 0.490 e. The Kier molecular flexibility index (Phi) is 9.15. The van der Waals surface area contributed by atoms with Gasteiger partial charge in [0, 0.05) is 37.7 Å². The summed E-state index contributed by atoms with van der Waals surface area (Å²) in [5.74, 6) is -1.81. The van der Waals surface area contributed by atoms with Gasteiger partial charge >= 0.3 is 12.1 Å². The van der Waals surface area contributed by atoms with E-state index in [1.165, 1.54) is 17.0 Å². The molecule has 2 aromatic carbocycles. The highest BCUT2D eigenvalue weighted by molar-refractivity contribution is 5.84. The van der Waals surface area contributed by atoms with E-state index >= 15 is 0 Å². The zero-order chi connectivity index (χ0) is 35.0. The maximum absolute atomic E-state index is 13.3. The van der Waals surface area contributed by atoms with Crippen molar-refractivity contribution >= 4 is 28.9 Å². The van der Waals surface area contributed by atoms with E-state index in [1.807, 2.05) is 48.2 Å². The van der Waals surface area contributed by atoms with Crippen LogP contribution >= 0.6 is 0 Å². The fourth-order valence-electron chi connectivity index (χ4n) is 6.38. The van der Waals surface area contributed by atoms with E-state index < -0.39 is 36.7 Å². The summed E-state index contributed by atoms with van der Waals surface area (Å²) in [7, 11) is 0. The van der Waals surface area contributed by atoms with E-state index in [1.54, 1.807) is 0 Å². The van der Waals surface area contributed by atoms with Crippen LogP contribution in [0.15, 0.2) is 77.6 Å². The average molecular weight is 693 g/mol. The van der Waals surface area contributed by atoms with Crippen molar-refractivity contribution in [2.24, 2.45) is 5.73 Å². The zero-order valence-electron chi connectivity index (χ0n) is 26.9. The van der Waals surface area contributed by atoms with Crippen LogP contribution in [0.5, 0.6) is 0 Å². The molecule has 5 aromatic rings. The van der Waals surface area contributed by atoms with E-state index in [9.17, 15) is 23.1 Å². The van der Waals surface area contributed by atoms with Crippen LogP contribution in [0.1, 0.15) is 54.2 Å². The second-order valence-electron chi connectivity index (χ2n) is 12.3. The maximum Gasteiger partial charge on any atom is 0.490 e. The van der Waals surface area contributed by atoms with E-state index in [-0.39, 0.29) is 23.4 Å². The summed E-state index contributed by atoms with van der Waals surface area (Å²) in [5, 5.41) is 18.8. The van der Waals surface area contributed by atoms with E-state index in [4.69, 9.17) is 29.7 Å². The van der Waals surface area contributed by atoms with Crippen molar-refractivity contribution in [3.63, 3.8) is 0 Å². The van der Waals surface area contributed by atoms with Gasteiger partial charge < -0.3 is 35.1 Å². The monoisotopic (exact) mass is 692 g/mol. The number of hydrogen-bond acceptors (Lipinski definition) is 12. The third kappa shape index (κ3) is 6.60. The van der Waals surface area contributed by atoms with Gasteiger partial charge in [0.1, 0.15) is 6.10 Å². The summed E-state index contributed by atoms with van der Waals surface area (Å²) in [6.07, 6.45) is -9.14. The Bertz CT molecular complexity index is 1900. The van der Waals surface area contributed by atoms with Crippen LogP contribution in [0.4, 0.5) is 24.9 Å². The molecule has 0 saturated carbocycles. The summed E-state index contributed by atoms with van der Waals surface area (Å²) in [4.78, 5) is 28.1. The number of nitrogens with two attached hydrogens (primary N) is 1. The van der Waals surface area contributed by atoms with Crippen LogP contribution in [0.2, 0.25) is 0 Å². The molecule has 2 fully saturated rings. The quantitative estimate of drug-likeness (QED) is 0.178. The van der Waals surface area contributed by atoms with Crippen molar-refractivity contribution in [2.45, 2.75) is 62.4 Å². The third-order valence-corrected chi connectivity index (χ3v) is 8.98. The number of ether oxygens (including phenoxy) is 2. The number of carbonyl (C=O) groups is 1. The minimum Gasteiger partial charge on any atom is -0.449 e. The molecule has 2 aliphatic rings. The molecule has 3 aromatic heterocycles. The van der Waals surface area contributed by atoms with Crippen LogP contribution in [-0.2, 0) is 20.7 Å². The molecule has 0 unspecified atom stereocenters. The van der Waals surface area contributed by atoms with Gasteiger partial charge in [-0.2, -0.15) is 23.1 Å². The summed E-state index contributed by atoms with van der Waals surface area (Å²) >= 11 is 0. The maximum atomic E-state index is 13.3. The number of rotatable bonds is 10. The minimum absolute atomic E-state index is 0.00983. The number of fused-ring (bicyclic) bond motifs is 1. The highest BCUT2D eigenvalue weighted by Crippen LogP contribution is 2.43. The lowest BCUT2D eigenvalue weighted by Gasteiger charge is -2.22. The van der Waals surface area contributed by atoms with Gasteiger partial charge in [-0.05, 0) is 24.0 Å². The molecule has 2 saturated heterocycles. The van der Waals surface area contributed by atoms with Gasteiger partial charge in [-0.1, -0.05) is 72.7 Å². The first-order valence-electron chi connectivity index (χ1n) is 16.3. The molecule has 7 rings (SSSR count). The molecular formula is C34H35F3N8O5. The number of aliphatic hydroxyl groups excluding tert-OH is 1. The lowest BCUT2D eigenvalue weighted by atomic mass is 9.91. The van der Waals surface area contributed by atoms with Crippen LogP contribution in [-0.4, -0.2) is 79.8 Å². The second-order valence-corrected chi connectivity index (χ2v) is 12.3. The standard InChI is InChI=1S/C34H35F3N8O5/c1-2-22-15-24(50-43-22)27-28(49-32(47)34(35,36)37)26(46)31(48-27)45-18-40-25-29(41-33(42-30(25)45)44-14-13-21(38)17-44)39-16-23(19-9-5-3-6-10-19)20-11-7-4-8-12-20/h3-12,15,18,21,23,26-28,31,46H,2,13-14,16-17,38H2,1H3,(H,39,41,42)/t21-,26-,27-,28+,31-/m1/s1. The summed E-state index contributed by atoms with van der Waals surface area (Å²) < 4.78 is 57.6. The second kappa shape index (κ2) is 13.7. The Hall–Kier alpha value is -5.06. The lowest BCUT2D eigenvalue weighted by Crippen LogP contribution is -2.38. The van der Waals surface area contributed by atoms with Crippen LogP contribution in [0.3, 0.4) is 0 Å². The summed E-state index contributed by atoms with van der Waals surface area (Å²) in [5.41, 5.74) is 9.43. The Morgan fingerprint density at radius 2 is 1.82 bits per heavy atom. The molecule has 5 atom stereocenters. The fraction of sp³-hybridized carbons (Fsp3) is 0.382. The van der Waals surface area contributed by atoms with Gasteiger partial charge in [0.25, 0.3) is 0 Å². The summed E-state index contributed by atoms with van der Waals surface area (Å²) in [6, 6.07) is 21.4. The molecule has 4 N–H and O–H groups in total. The molecular weight excluding hydrogens is 657 g/mol. The molecule has 0 amide bonds. The number of anilines is 2. The van der Waals surface area contributed by atoms with Crippen molar-refractivity contribution in [2.75, 3.05) is 29.9 Å². The van der Waals surface area contributed by atoms with E-state index in [2.05, 4.69) is 39.7 Å². The fourth-order valence-corrected chi connectivity index (χ4v) is 6.38. The molecule has 5 heterocycles. The predicted molar refractivity (Wildman–Crippen MR) is 174 cm³/mol. The molecule has 50 heavy (non-hydrogen) atoms. The molecule has 0 spiro atoms. The van der Waals surface area contributed by atoms with Gasteiger partial charge in [0.05, 0.1) is 12.0 Å². The Morgan fingerprint density at radius 1 is 1.12 bits per heavy atom. The van der Waals surface area contributed by atoms with Crippen molar-refractivity contribution in [3.05, 3.63) is 95.6 Å². The van der Waals surface area contributed by atoms with Gasteiger partial charge in [-0.15, -0.1) is 0 Å². The number of aliphatic hydroxyl groups is 1. The number of esters is 1. The number of nitrogens with zero attached hydrogens (tertiary/aromatic N) is 6. The predicted octanol–water partition coefficient (Wildman–Crippen LogP) is 4.26. The van der Waals surface area contributed by atoms with Crippen molar-refractivity contribution < 1.29 is 37.1 Å². The van der Waals surface area contributed by atoms with Gasteiger partial charge in [-0.3, -0.25) is 4.57 Å². The lowest BCUT2D eigenvalue weighted by molar-refractivity contribution is -0.210. The first kappa shape index (κ1) is 33.4. The van der Waals surface area contributed by atoms with Gasteiger partial charge in [-0.25, -0.2) is 9.78 Å². The number of hydrogen-bond donors (Lipinski definition) is 3. The van der Waals surface area contributed by atoms with Crippen molar-refractivity contribution in [1.82, 2.24) is 24.7 Å².